The van der Waals surface area contributed by atoms with Gasteiger partial charge in [0.2, 0.25) is 0 Å². The average Bonchev–Trinajstić information content (AvgIpc) is 3.49. The smallest absolute Gasteiger partial charge is 0.274 e. The van der Waals surface area contributed by atoms with E-state index in [4.69, 9.17) is 0 Å². The Bertz CT molecular complexity index is 1420. The summed E-state index contributed by atoms with van der Waals surface area (Å²) in [5.74, 6) is -1.91. The molecule has 1 fully saturated rings. The van der Waals surface area contributed by atoms with Crippen LogP contribution in [0.1, 0.15) is 33.7 Å². The second kappa shape index (κ2) is 8.85. The topological polar surface area (TPSA) is 54.3 Å². The standard InChI is InChI=1S/C27H25F2N5O/c28-22-10-9-20(16-23(22)29)34-24-8-2-7-21(24)26(31-34)27(35)33-14-12-32(13-15-33)17-19-5-1-4-18-6-3-11-30-25(18)19/h1,3-6,9-11,16H,2,7-8,12-15,17H2. The molecule has 2 aromatic carbocycles. The maximum absolute atomic E-state index is 13.9. The van der Waals surface area contributed by atoms with Crippen LogP contribution in [0, 0.1) is 11.6 Å². The molecule has 0 spiro atoms. The highest BCUT2D eigenvalue weighted by Gasteiger charge is 2.31. The molecule has 1 aliphatic heterocycles. The van der Waals surface area contributed by atoms with Crippen LogP contribution in [0.25, 0.3) is 16.6 Å². The Balaban J connectivity index is 1.18. The van der Waals surface area contributed by atoms with Crippen LogP contribution in [0.2, 0.25) is 0 Å². The Kier molecular flexibility index (Phi) is 5.53. The Morgan fingerprint density at radius 2 is 1.77 bits per heavy atom. The number of carbonyl (C=O) groups excluding carboxylic acids is 1. The lowest BCUT2D eigenvalue weighted by molar-refractivity contribution is 0.0621. The van der Waals surface area contributed by atoms with Gasteiger partial charge in [0.1, 0.15) is 0 Å². The van der Waals surface area contributed by atoms with Crippen LogP contribution in [0.5, 0.6) is 0 Å². The van der Waals surface area contributed by atoms with Gasteiger partial charge >= 0.3 is 0 Å². The first-order valence-electron chi connectivity index (χ1n) is 12.0. The number of benzene rings is 2. The third-order valence-corrected chi connectivity index (χ3v) is 7.05. The number of aromatic nitrogens is 3. The monoisotopic (exact) mass is 473 g/mol. The Morgan fingerprint density at radius 3 is 2.60 bits per heavy atom. The van der Waals surface area contributed by atoms with E-state index in [2.05, 4.69) is 39.2 Å². The van der Waals surface area contributed by atoms with Crippen molar-refractivity contribution in [1.82, 2.24) is 24.6 Å². The van der Waals surface area contributed by atoms with Gasteiger partial charge < -0.3 is 4.90 Å². The number of carbonyl (C=O) groups is 1. The maximum atomic E-state index is 13.9. The van der Waals surface area contributed by atoms with E-state index in [-0.39, 0.29) is 5.91 Å². The SMILES string of the molecule is O=C(c1nn(-c2ccc(F)c(F)c2)c2c1CCC2)N1CCN(Cc2cccc3cccnc23)CC1. The van der Waals surface area contributed by atoms with Crippen molar-refractivity contribution in [1.29, 1.82) is 0 Å². The normalized spacial score (nSPS) is 16.1. The number of piperazine rings is 1. The molecule has 1 aliphatic carbocycles. The summed E-state index contributed by atoms with van der Waals surface area (Å²) < 4.78 is 28.9. The van der Waals surface area contributed by atoms with Gasteiger partial charge in [0.05, 0.1) is 11.2 Å². The van der Waals surface area contributed by atoms with Gasteiger partial charge in [-0.15, -0.1) is 0 Å². The summed E-state index contributed by atoms with van der Waals surface area (Å²) in [5.41, 5.74) is 4.94. The summed E-state index contributed by atoms with van der Waals surface area (Å²) in [6.07, 6.45) is 4.28. The molecule has 0 N–H and O–H groups in total. The summed E-state index contributed by atoms with van der Waals surface area (Å²) in [5, 5.41) is 5.71. The molecule has 178 valence electrons. The highest BCUT2D eigenvalue weighted by molar-refractivity contribution is 5.94. The van der Waals surface area contributed by atoms with Crippen LogP contribution in [-0.4, -0.2) is 56.7 Å². The van der Waals surface area contributed by atoms with Crippen molar-refractivity contribution in [2.45, 2.75) is 25.8 Å². The Hall–Kier alpha value is -3.65. The minimum atomic E-state index is -0.921. The summed E-state index contributed by atoms with van der Waals surface area (Å²) in [6, 6.07) is 14.0. The predicted octanol–water partition coefficient (Wildman–Crippen LogP) is 4.15. The van der Waals surface area contributed by atoms with Gasteiger partial charge in [-0.05, 0) is 43.0 Å². The summed E-state index contributed by atoms with van der Waals surface area (Å²) in [4.78, 5) is 22.2. The highest BCUT2D eigenvalue weighted by Crippen LogP contribution is 2.29. The molecule has 0 atom stereocenters. The number of fused-ring (bicyclic) bond motifs is 2. The van der Waals surface area contributed by atoms with E-state index in [9.17, 15) is 13.6 Å². The Labute approximate surface area is 201 Å². The zero-order valence-corrected chi connectivity index (χ0v) is 19.3. The van der Waals surface area contributed by atoms with Crippen molar-refractivity contribution >= 4 is 16.8 Å². The maximum Gasteiger partial charge on any atom is 0.274 e. The first-order valence-corrected chi connectivity index (χ1v) is 12.0. The second-order valence-corrected chi connectivity index (χ2v) is 9.20. The molecule has 4 aromatic rings. The van der Waals surface area contributed by atoms with Crippen LogP contribution in [0.15, 0.2) is 54.7 Å². The molecule has 1 saturated heterocycles. The van der Waals surface area contributed by atoms with Gasteiger partial charge in [-0.3, -0.25) is 14.7 Å². The zero-order valence-electron chi connectivity index (χ0n) is 19.3. The van der Waals surface area contributed by atoms with Crippen molar-refractivity contribution in [3.63, 3.8) is 0 Å². The molecular weight excluding hydrogens is 448 g/mol. The number of halogens is 2. The lowest BCUT2D eigenvalue weighted by atomic mass is 10.1. The molecule has 2 aromatic heterocycles. The predicted molar refractivity (Wildman–Crippen MR) is 128 cm³/mol. The molecule has 0 bridgehead atoms. The van der Waals surface area contributed by atoms with Gasteiger partial charge in [-0.25, -0.2) is 13.5 Å². The summed E-state index contributed by atoms with van der Waals surface area (Å²) >= 11 is 0. The van der Waals surface area contributed by atoms with Crippen LogP contribution in [0.3, 0.4) is 0 Å². The number of hydrogen-bond donors (Lipinski definition) is 0. The van der Waals surface area contributed by atoms with E-state index >= 15 is 0 Å². The molecule has 0 unspecified atom stereocenters. The first-order chi connectivity index (χ1) is 17.1. The third-order valence-electron chi connectivity index (χ3n) is 7.05. The molecule has 6 nitrogen and oxygen atoms in total. The van der Waals surface area contributed by atoms with Crippen molar-refractivity contribution in [3.8, 4) is 5.69 Å². The van der Waals surface area contributed by atoms with Gasteiger partial charge in [0.25, 0.3) is 5.91 Å². The fourth-order valence-electron chi connectivity index (χ4n) is 5.23. The molecule has 3 heterocycles. The number of hydrogen-bond acceptors (Lipinski definition) is 4. The molecule has 8 heteroatoms. The average molecular weight is 474 g/mol. The van der Waals surface area contributed by atoms with E-state index < -0.39 is 11.6 Å². The number of nitrogens with zero attached hydrogens (tertiary/aromatic N) is 5. The van der Waals surface area contributed by atoms with Gasteiger partial charge in [-0.2, -0.15) is 5.10 Å². The van der Waals surface area contributed by atoms with Crippen molar-refractivity contribution in [3.05, 3.63) is 88.9 Å². The first kappa shape index (κ1) is 21.9. The van der Waals surface area contributed by atoms with Gasteiger partial charge in [-0.1, -0.05) is 24.3 Å². The minimum absolute atomic E-state index is 0.0871. The molecule has 0 radical (unpaired) electrons. The van der Waals surface area contributed by atoms with Gasteiger partial charge in [0.15, 0.2) is 17.3 Å². The van der Waals surface area contributed by atoms with Gasteiger partial charge in [0, 0.05) is 61.6 Å². The quantitative estimate of drug-likeness (QED) is 0.447. The van der Waals surface area contributed by atoms with Crippen LogP contribution < -0.4 is 0 Å². The fourth-order valence-corrected chi connectivity index (χ4v) is 5.23. The number of amides is 1. The van der Waals surface area contributed by atoms with Crippen molar-refractivity contribution in [2.75, 3.05) is 26.2 Å². The molecule has 35 heavy (non-hydrogen) atoms. The van der Waals surface area contributed by atoms with Crippen LogP contribution in [0.4, 0.5) is 8.78 Å². The van der Waals surface area contributed by atoms with Crippen LogP contribution >= 0.6 is 0 Å². The fraction of sp³-hybridized carbons (Fsp3) is 0.296. The molecule has 6 rings (SSSR count). The minimum Gasteiger partial charge on any atom is -0.335 e. The van der Waals surface area contributed by atoms with Crippen molar-refractivity contribution in [2.24, 2.45) is 0 Å². The van der Waals surface area contributed by atoms with E-state index in [1.165, 1.54) is 11.6 Å². The Morgan fingerprint density at radius 1 is 0.943 bits per heavy atom. The molecule has 1 amide bonds. The molecular formula is C27H25F2N5O. The largest absolute Gasteiger partial charge is 0.335 e. The summed E-state index contributed by atoms with van der Waals surface area (Å²) in [7, 11) is 0. The summed E-state index contributed by atoms with van der Waals surface area (Å²) in [6.45, 7) is 3.55. The van der Waals surface area contributed by atoms with Crippen molar-refractivity contribution < 1.29 is 13.6 Å². The van der Waals surface area contributed by atoms with E-state index in [0.29, 0.717) is 24.5 Å². The number of para-hydroxylation sites is 1. The molecule has 2 aliphatic rings. The zero-order chi connectivity index (χ0) is 23.9. The second-order valence-electron chi connectivity index (χ2n) is 9.20. The number of rotatable bonds is 4. The van der Waals surface area contributed by atoms with E-state index in [1.807, 2.05) is 17.2 Å². The third kappa shape index (κ3) is 3.97. The lowest BCUT2D eigenvalue weighted by Crippen LogP contribution is -2.48. The lowest BCUT2D eigenvalue weighted by Gasteiger charge is -2.34. The van der Waals surface area contributed by atoms with E-state index in [0.717, 1.165) is 73.2 Å². The number of pyridine rings is 1. The highest BCUT2D eigenvalue weighted by atomic mass is 19.2. The van der Waals surface area contributed by atoms with E-state index in [1.54, 1.807) is 4.68 Å². The van der Waals surface area contributed by atoms with Crippen LogP contribution in [-0.2, 0) is 19.4 Å². The molecule has 0 saturated carbocycles.